The van der Waals surface area contributed by atoms with Crippen LogP contribution < -0.4 is 4.74 Å². The minimum Gasteiger partial charge on any atom is -0.493 e. The first-order valence-corrected chi connectivity index (χ1v) is 9.66. The zero-order valence-corrected chi connectivity index (χ0v) is 15.7. The summed E-state index contributed by atoms with van der Waals surface area (Å²) in [6.07, 6.45) is 7.69. The van der Waals surface area contributed by atoms with Crippen molar-refractivity contribution in [1.29, 1.82) is 0 Å². The van der Waals surface area contributed by atoms with Gasteiger partial charge < -0.3 is 14.5 Å². The molecule has 1 aliphatic rings. The number of hydrogen-bond donors (Lipinski definition) is 1. The van der Waals surface area contributed by atoms with E-state index in [1.165, 1.54) is 31.1 Å². The average molecular weight is 363 g/mol. The molecular weight excluding hydrogens is 338 g/mol. The van der Waals surface area contributed by atoms with Crippen molar-refractivity contribution in [2.75, 3.05) is 13.7 Å². The monoisotopic (exact) mass is 363 g/mol. The molecule has 2 heterocycles. The van der Waals surface area contributed by atoms with E-state index in [0.29, 0.717) is 11.5 Å². The Morgan fingerprint density at radius 3 is 3.00 bits per heavy atom. The lowest BCUT2D eigenvalue weighted by molar-refractivity contribution is 0.0601. The molecule has 1 N–H and O–H groups in total. The van der Waals surface area contributed by atoms with Gasteiger partial charge in [0.15, 0.2) is 0 Å². The van der Waals surface area contributed by atoms with Crippen LogP contribution >= 0.6 is 0 Å². The third kappa shape index (κ3) is 3.70. The first-order chi connectivity index (χ1) is 13.3. The second kappa shape index (κ2) is 7.87. The number of aryl methyl sites for hydroxylation is 1. The van der Waals surface area contributed by atoms with Gasteiger partial charge in [-0.25, -0.2) is 4.79 Å². The standard InChI is InChI=1S/C23H25NO3/c1-26-23(25)17-10-11-21-20(14-17)18(15-24-21)7-3-2-6-16-12-13-27-22-9-5-4-8-19(16)22/h4-5,8-11,14-16,24H,2-3,6-7,12-13H2,1H3. The molecule has 4 rings (SSSR count). The quantitative estimate of drug-likeness (QED) is 0.482. The number of aromatic nitrogens is 1. The molecule has 0 amide bonds. The van der Waals surface area contributed by atoms with Gasteiger partial charge in [-0.15, -0.1) is 0 Å². The summed E-state index contributed by atoms with van der Waals surface area (Å²) in [6, 6.07) is 14.1. The van der Waals surface area contributed by atoms with E-state index in [1.807, 2.05) is 18.2 Å². The smallest absolute Gasteiger partial charge is 0.337 e. The highest BCUT2D eigenvalue weighted by Crippen LogP contribution is 2.36. The van der Waals surface area contributed by atoms with Gasteiger partial charge in [-0.3, -0.25) is 0 Å². The molecule has 3 aromatic rings. The molecule has 4 nitrogen and oxygen atoms in total. The summed E-state index contributed by atoms with van der Waals surface area (Å²) < 4.78 is 10.6. The van der Waals surface area contributed by atoms with Crippen LogP contribution in [0.4, 0.5) is 0 Å². The molecule has 4 heteroatoms. The molecular formula is C23H25NO3. The molecule has 1 aromatic heterocycles. The average Bonchev–Trinajstić information content (AvgIpc) is 3.13. The molecule has 27 heavy (non-hydrogen) atoms. The number of hydrogen-bond acceptors (Lipinski definition) is 3. The Labute approximate surface area is 159 Å². The van der Waals surface area contributed by atoms with Gasteiger partial charge in [0, 0.05) is 17.1 Å². The number of fused-ring (bicyclic) bond motifs is 2. The van der Waals surface area contributed by atoms with Crippen molar-refractivity contribution in [1.82, 2.24) is 4.98 Å². The van der Waals surface area contributed by atoms with E-state index in [2.05, 4.69) is 29.4 Å². The fraction of sp³-hybridized carbons (Fsp3) is 0.348. The van der Waals surface area contributed by atoms with Crippen LogP contribution in [0.2, 0.25) is 0 Å². The molecule has 1 atom stereocenters. The lowest BCUT2D eigenvalue weighted by Crippen LogP contribution is -2.14. The van der Waals surface area contributed by atoms with Gasteiger partial charge in [0.1, 0.15) is 5.75 Å². The van der Waals surface area contributed by atoms with Crippen molar-refractivity contribution in [3.63, 3.8) is 0 Å². The number of unbranched alkanes of at least 4 members (excludes halogenated alkanes) is 1. The molecule has 2 aromatic carbocycles. The van der Waals surface area contributed by atoms with Crippen LogP contribution in [0.1, 0.15) is 53.1 Å². The first kappa shape index (κ1) is 17.7. The van der Waals surface area contributed by atoms with E-state index in [0.717, 1.165) is 42.5 Å². The van der Waals surface area contributed by atoms with Gasteiger partial charge in [0.2, 0.25) is 0 Å². The van der Waals surface area contributed by atoms with Gasteiger partial charge in [-0.2, -0.15) is 0 Å². The molecule has 0 fully saturated rings. The van der Waals surface area contributed by atoms with Crippen LogP contribution in [0.5, 0.6) is 5.75 Å². The zero-order valence-electron chi connectivity index (χ0n) is 15.7. The Balaban J connectivity index is 1.38. The lowest BCUT2D eigenvalue weighted by Gasteiger charge is -2.25. The summed E-state index contributed by atoms with van der Waals surface area (Å²) in [6.45, 7) is 0.820. The number of aromatic amines is 1. The van der Waals surface area contributed by atoms with Crippen molar-refractivity contribution in [3.05, 3.63) is 65.4 Å². The maximum atomic E-state index is 11.8. The van der Waals surface area contributed by atoms with Crippen molar-refractivity contribution in [2.45, 2.75) is 38.0 Å². The summed E-state index contributed by atoms with van der Waals surface area (Å²) in [7, 11) is 1.42. The van der Waals surface area contributed by atoms with Crippen LogP contribution in [0.15, 0.2) is 48.7 Å². The number of rotatable bonds is 6. The highest BCUT2D eigenvalue weighted by atomic mass is 16.5. The van der Waals surface area contributed by atoms with Crippen LogP contribution in [0.25, 0.3) is 10.9 Å². The van der Waals surface area contributed by atoms with Crippen LogP contribution in [0.3, 0.4) is 0 Å². The number of benzene rings is 2. The van der Waals surface area contributed by atoms with Crippen molar-refractivity contribution < 1.29 is 14.3 Å². The van der Waals surface area contributed by atoms with Crippen LogP contribution in [-0.2, 0) is 11.2 Å². The van der Waals surface area contributed by atoms with Crippen molar-refractivity contribution >= 4 is 16.9 Å². The Bertz CT molecular complexity index is 944. The first-order valence-electron chi connectivity index (χ1n) is 9.66. The number of carbonyl (C=O) groups is 1. The van der Waals surface area contributed by atoms with Crippen LogP contribution in [-0.4, -0.2) is 24.7 Å². The van der Waals surface area contributed by atoms with Gasteiger partial charge in [-0.1, -0.05) is 24.6 Å². The fourth-order valence-electron chi connectivity index (χ4n) is 4.05. The summed E-state index contributed by atoms with van der Waals surface area (Å²) in [5, 5.41) is 1.12. The fourth-order valence-corrected chi connectivity index (χ4v) is 4.05. The largest absolute Gasteiger partial charge is 0.493 e. The third-order valence-corrected chi connectivity index (χ3v) is 5.52. The molecule has 0 bridgehead atoms. The molecule has 0 saturated carbocycles. The Morgan fingerprint density at radius 2 is 2.11 bits per heavy atom. The van der Waals surface area contributed by atoms with E-state index in [-0.39, 0.29) is 5.97 Å². The highest BCUT2D eigenvalue weighted by molar-refractivity contribution is 5.95. The van der Waals surface area contributed by atoms with Crippen LogP contribution in [0, 0.1) is 0 Å². The maximum absolute atomic E-state index is 11.8. The van der Waals surface area contributed by atoms with Gasteiger partial charge in [0.05, 0.1) is 19.3 Å². The minimum atomic E-state index is -0.290. The molecule has 0 radical (unpaired) electrons. The maximum Gasteiger partial charge on any atom is 0.337 e. The minimum absolute atomic E-state index is 0.290. The molecule has 0 aliphatic carbocycles. The second-order valence-electron chi connectivity index (χ2n) is 7.18. The predicted octanol–water partition coefficient (Wildman–Crippen LogP) is 5.23. The number of H-pyrrole nitrogens is 1. The summed E-state index contributed by atoms with van der Waals surface area (Å²) in [5.74, 6) is 1.37. The molecule has 0 spiro atoms. The number of para-hydroxylation sites is 1. The zero-order chi connectivity index (χ0) is 18.6. The molecule has 0 saturated heterocycles. The van der Waals surface area contributed by atoms with E-state index in [9.17, 15) is 4.79 Å². The van der Waals surface area contributed by atoms with Gasteiger partial charge in [-0.05, 0) is 67.0 Å². The Hall–Kier alpha value is -2.75. The third-order valence-electron chi connectivity index (χ3n) is 5.52. The van der Waals surface area contributed by atoms with E-state index in [4.69, 9.17) is 9.47 Å². The van der Waals surface area contributed by atoms with E-state index >= 15 is 0 Å². The summed E-state index contributed by atoms with van der Waals surface area (Å²) in [5.41, 5.74) is 4.29. The second-order valence-corrected chi connectivity index (χ2v) is 7.18. The van der Waals surface area contributed by atoms with Crippen molar-refractivity contribution in [2.24, 2.45) is 0 Å². The normalized spacial score (nSPS) is 16.0. The number of methoxy groups -OCH3 is 1. The van der Waals surface area contributed by atoms with Gasteiger partial charge in [0.25, 0.3) is 0 Å². The SMILES string of the molecule is COC(=O)c1ccc2[nH]cc(CCCCC3CCOc4ccccc43)c2c1. The van der Waals surface area contributed by atoms with Gasteiger partial charge >= 0.3 is 5.97 Å². The summed E-state index contributed by atoms with van der Waals surface area (Å²) >= 11 is 0. The summed E-state index contributed by atoms with van der Waals surface area (Å²) in [4.78, 5) is 15.1. The number of ether oxygens (including phenoxy) is 2. The van der Waals surface area contributed by atoms with E-state index < -0.39 is 0 Å². The number of esters is 1. The molecule has 1 aliphatic heterocycles. The highest BCUT2D eigenvalue weighted by Gasteiger charge is 2.20. The molecule has 140 valence electrons. The van der Waals surface area contributed by atoms with E-state index in [1.54, 1.807) is 6.07 Å². The Kier molecular flexibility index (Phi) is 5.14. The molecule has 1 unspecified atom stereocenters. The predicted molar refractivity (Wildman–Crippen MR) is 106 cm³/mol. The Morgan fingerprint density at radius 1 is 1.22 bits per heavy atom. The topological polar surface area (TPSA) is 51.3 Å². The number of carbonyl (C=O) groups excluding carboxylic acids is 1. The number of nitrogens with one attached hydrogen (secondary N) is 1. The van der Waals surface area contributed by atoms with Crippen molar-refractivity contribution in [3.8, 4) is 5.75 Å². The lowest BCUT2D eigenvalue weighted by atomic mass is 9.88.